The number of nitrogens with one attached hydrogen (secondary N) is 1. The van der Waals surface area contributed by atoms with Crippen molar-refractivity contribution in [1.82, 2.24) is 19.7 Å². The highest BCUT2D eigenvalue weighted by atomic mass is 16.2. The molecule has 1 N–H and O–H groups in total. The van der Waals surface area contributed by atoms with Gasteiger partial charge in [0.2, 0.25) is 5.91 Å². The first-order chi connectivity index (χ1) is 12.0. The number of benzene rings is 1. The van der Waals surface area contributed by atoms with Crippen LogP contribution >= 0.6 is 0 Å². The highest BCUT2D eigenvalue weighted by Gasteiger charge is 2.17. The highest BCUT2D eigenvalue weighted by molar-refractivity contribution is 5.84. The fourth-order valence-electron chi connectivity index (χ4n) is 3.16. The van der Waals surface area contributed by atoms with Crippen molar-refractivity contribution in [2.45, 2.75) is 32.9 Å². The van der Waals surface area contributed by atoms with Gasteiger partial charge in [-0.3, -0.25) is 18.8 Å². The maximum atomic E-state index is 12.6. The number of aromatic nitrogens is 3. The molecule has 3 rings (SSSR count). The van der Waals surface area contributed by atoms with Gasteiger partial charge in [-0.25, -0.2) is 0 Å². The standard InChI is InChI=1S/C19H22N4O2/c1-4-15(17-9-10-20-22(17)3)21-18(24)12-23-16-8-6-5-7-14(16)13(2)11-19(23)25/h5-11,15H,4,12H2,1-3H3,(H,21,24)/t15-/m1/s1. The molecular formula is C19H22N4O2. The lowest BCUT2D eigenvalue weighted by atomic mass is 10.1. The van der Waals surface area contributed by atoms with Crippen LogP contribution in [-0.2, 0) is 18.4 Å². The lowest BCUT2D eigenvalue weighted by Gasteiger charge is -2.18. The average Bonchev–Trinajstić information content (AvgIpc) is 3.02. The summed E-state index contributed by atoms with van der Waals surface area (Å²) in [6.45, 7) is 3.91. The van der Waals surface area contributed by atoms with E-state index in [-0.39, 0.29) is 24.1 Å². The summed E-state index contributed by atoms with van der Waals surface area (Å²) in [5, 5.41) is 8.14. The molecule has 130 valence electrons. The molecule has 0 saturated heterocycles. The van der Waals surface area contributed by atoms with Crippen molar-refractivity contribution >= 4 is 16.8 Å². The summed E-state index contributed by atoms with van der Waals surface area (Å²) in [5.41, 5.74) is 2.46. The third-order valence-electron chi connectivity index (χ3n) is 4.49. The Hall–Kier alpha value is -2.89. The third-order valence-corrected chi connectivity index (χ3v) is 4.49. The second-order valence-electron chi connectivity index (χ2n) is 6.18. The quantitative estimate of drug-likeness (QED) is 0.776. The number of aryl methyl sites for hydroxylation is 2. The van der Waals surface area contributed by atoms with Gasteiger partial charge in [0, 0.05) is 24.7 Å². The molecule has 0 bridgehead atoms. The Morgan fingerprint density at radius 3 is 2.72 bits per heavy atom. The molecule has 6 nitrogen and oxygen atoms in total. The maximum absolute atomic E-state index is 12.6. The summed E-state index contributed by atoms with van der Waals surface area (Å²) in [4.78, 5) is 25.0. The van der Waals surface area contributed by atoms with Gasteiger partial charge in [-0.1, -0.05) is 25.1 Å². The number of nitrogens with zero attached hydrogens (tertiary/aromatic N) is 3. The fourth-order valence-corrected chi connectivity index (χ4v) is 3.16. The molecule has 2 heterocycles. The number of hydrogen-bond acceptors (Lipinski definition) is 3. The molecule has 0 saturated carbocycles. The molecule has 0 radical (unpaired) electrons. The monoisotopic (exact) mass is 338 g/mol. The third kappa shape index (κ3) is 3.33. The van der Waals surface area contributed by atoms with E-state index >= 15 is 0 Å². The number of carbonyl (C=O) groups excluding carboxylic acids is 1. The first-order valence-corrected chi connectivity index (χ1v) is 8.37. The maximum Gasteiger partial charge on any atom is 0.251 e. The molecule has 0 unspecified atom stereocenters. The lowest BCUT2D eigenvalue weighted by Crippen LogP contribution is -2.35. The molecular weight excluding hydrogens is 316 g/mol. The van der Waals surface area contributed by atoms with Crippen molar-refractivity contribution in [1.29, 1.82) is 0 Å². The van der Waals surface area contributed by atoms with E-state index in [2.05, 4.69) is 10.4 Å². The van der Waals surface area contributed by atoms with E-state index in [0.717, 1.165) is 28.6 Å². The molecule has 3 aromatic rings. The zero-order valence-corrected chi connectivity index (χ0v) is 14.7. The molecule has 0 spiro atoms. The Bertz CT molecular complexity index is 971. The summed E-state index contributed by atoms with van der Waals surface area (Å²) in [5.74, 6) is -0.191. The summed E-state index contributed by atoms with van der Waals surface area (Å²) in [7, 11) is 1.85. The Morgan fingerprint density at radius 1 is 1.28 bits per heavy atom. The zero-order chi connectivity index (χ0) is 18.0. The summed E-state index contributed by atoms with van der Waals surface area (Å²) < 4.78 is 3.27. The van der Waals surface area contributed by atoms with E-state index in [4.69, 9.17) is 0 Å². The zero-order valence-electron chi connectivity index (χ0n) is 14.7. The highest BCUT2D eigenvalue weighted by Crippen LogP contribution is 2.17. The van der Waals surface area contributed by atoms with Crippen LogP contribution in [0, 0.1) is 6.92 Å². The Kier molecular flexibility index (Phi) is 4.70. The molecule has 0 aliphatic rings. The normalized spacial score (nSPS) is 12.3. The summed E-state index contributed by atoms with van der Waals surface area (Å²) >= 11 is 0. The second kappa shape index (κ2) is 6.93. The van der Waals surface area contributed by atoms with Crippen molar-refractivity contribution in [2.75, 3.05) is 0 Å². The fraction of sp³-hybridized carbons (Fsp3) is 0.316. The molecule has 1 amide bonds. The molecule has 2 aromatic heterocycles. The number of amides is 1. The van der Waals surface area contributed by atoms with E-state index in [1.54, 1.807) is 16.9 Å². The molecule has 6 heteroatoms. The van der Waals surface area contributed by atoms with Gasteiger partial charge in [-0.15, -0.1) is 0 Å². The molecule has 25 heavy (non-hydrogen) atoms. The molecule has 0 fully saturated rings. The van der Waals surface area contributed by atoms with Gasteiger partial charge in [0.15, 0.2) is 0 Å². The van der Waals surface area contributed by atoms with Crippen LogP contribution in [0.15, 0.2) is 47.4 Å². The van der Waals surface area contributed by atoms with Crippen LogP contribution in [0.25, 0.3) is 10.9 Å². The number of hydrogen-bond donors (Lipinski definition) is 1. The van der Waals surface area contributed by atoms with Crippen LogP contribution in [0.4, 0.5) is 0 Å². The van der Waals surface area contributed by atoms with Gasteiger partial charge in [0.25, 0.3) is 5.56 Å². The Labute approximate surface area is 146 Å². The van der Waals surface area contributed by atoms with Crippen molar-refractivity contribution in [2.24, 2.45) is 7.05 Å². The van der Waals surface area contributed by atoms with Crippen molar-refractivity contribution in [3.8, 4) is 0 Å². The first kappa shape index (κ1) is 17.0. The van der Waals surface area contributed by atoms with Crippen LogP contribution in [0.5, 0.6) is 0 Å². The number of para-hydroxylation sites is 1. The van der Waals surface area contributed by atoms with E-state index in [1.165, 1.54) is 4.57 Å². The molecule has 1 aromatic carbocycles. The van der Waals surface area contributed by atoms with Gasteiger partial charge in [0.05, 0.1) is 17.3 Å². The van der Waals surface area contributed by atoms with Gasteiger partial charge in [0.1, 0.15) is 6.54 Å². The van der Waals surface area contributed by atoms with Crippen LogP contribution in [-0.4, -0.2) is 20.3 Å². The van der Waals surface area contributed by atoms with Crippen LogP contribution in [0.1, 0.15) is 30.6 Å². The lowest BCUT2D eigenvalue weighted by molar-refractivity contribution is -0.122. The summed E-state index contributed by atoms with van der Waals surface area (Å²) in [6, 6.07) is 11.0. The molecule has 0 aliphatic heterocycles. The summed E-state index contributed by atoms with van der Waals surface area (Å²) in [6.07, 6.45) is 2.46. The predicted molar refractivity (Wildman–Crippen MR) is 97.3 cm³/mol. The molecule has 1 atom stereocenters. The number of carbonyl (C=O) groups is 1. The van der Waals surface area contributed by atoms with Crippen molar-refractivity contribution < 1.29 is 4.79 Å². The van der Waals surface area contributed by atoms with Crippen LogP contribution in [0.2, 0.25) is 0 Å². The number of fused-ring (bicyclic) bond motifs is 1. The smallest absolute Gasteiger partial charge is 0.251 e. The minimum atomic E-state index is -0.191. The van der Waals surface area contributed by atoms with E-state index in [9.17, 15) is 9.59 Å². The van der Waals surface area contributed by atoms with E-state index < -0.39 is 0 Å². The number of pyridine rings is 1. The minimum absolute atomic E-state index is 0.00597. The number of rotatable bonds is 5. The van der Waals surface area contributed by atoms with Gasteiger partial charge in [-0.05, 0) is 31.0 Å². The minimum Gasteiger partial charge on any atom is -0.346 e. The second-order valence-corrected chi connectivity index (χ2v) is 6.18. The van der Waals surface area contributed by atoms with Gasteiger partial charge in [-0.2, -0.15) is 5.10 Å². The van der Waals surface area contributed by atoms with Crippen molar-refractivity contribution in [3.05, 3.63) is 64.2 Å². The molecule has 0 aliphatic carbocycles. The van der Waals surface area contributed by atoms with E-state index in [1.807, 2.05) is 51.2 Å². The van der Waals surface area contributed by atoms with Crippen LogP contribution in [0.3, 0.4) is 0 Å². The SMILES string of the molecule is CC[C@@H](NC(=O)Cn1c(=O)cc(C)c2ccccc21)c1ccnn1C. The van der Waals surface area contributed by atoms with Crippen molar-refractivity contribution in [3.63, 3.8) is 0 Å². The Balaban J connectivity index is 1.88. The Morgan fingerprint density at radius 2 is 2.04 bits per heavy atom. The predicted octanol–water partition coefficient (Wildman–Crippen LogP) is 2.31. The van der Waals surface area contributed by atoms with Crippen LogP contribution < -0.4 is 10.9 Å². The average molecular weight is 338 g/mol. The van der Waals surface area contributed by atoms with E-state index in [0.29, 0.717) is 0 Å². The topological polar surface area (TPSA) is 68.9 Å². The van der Waals surface area contributed by atoms with Gasteiger partial charge >= 0.3 is 0 Å². The first-order valence-electron chi connectivity index (χ1n) is 8.37. The largest absolute Gasteiger partial charge is 0.346 e. The van der Waals surface area contributed by atoms with Gasteiger partial charge < -0.3 is 5.32 Å².